The maximum atomic E-state index is 12.1. The van der Waals surface area contributed by atoms with Crippen molar-refractivity contribution in [3.63, 3.8) is 0 Å². The summed E-state index contributed by atoms with van der Waals surface area (Å²) in [5.41, 5.74) is 2.59. The summed E-state index contributed by atoms with van der Waals surface area (Å²) >= 11 is 0. The van der Waals surface area contributed by atoms with E-state index in [2.05, 4.69) is 6.07 Å². The van der Waals surface area contributed by atoms with Gasteiger partial charge in [-0.2, -0.15) is 26.3 Å². The number of hydrogen-bond donors (Lipinski definition) is 2. The molecule has 0 fully saturated rings. The molecular formula is C26H41BF6O2. The molecule has 0 aliphatic carbocycles. The zero-order valence-electron chi connectivity index (χ0n) is 20.7. The molecule has 202 valence electrons. The minimum Gasteiger partial charge on any atom is -0.423 e. The van der Waals surface area contributed by atoms with Gasteiger partial charge in [0, 0.05) is 12.8 Å². The molecule has 35 heavy (non-hydrogen) atoms. The van der Waals surface area contributed by atoms with E-state index >= 15 is 0 Å². The van der Waals surface area contributed by atoms with Gasteiger partial charge in [0.1, 0.15) is 0 Å². The Kier molecular flexibility index (Phi) is 15.7. The van der Waals surface area contributed by atoms with Crippen LogP contribution in [0.25, 0.3) is 0 Å². The van der Waals surface area contributed by atoms with Crippen molar-refractivity contribution >= 4 is 12.6 Å². The Morgan fingerprint density at radius 3 is 1.11 bits per heavy atom. The summed E-state index contributed by atoms with van der Waals surface area (Å²) in [4.78, 5) is 0. The molecule has 2 nitrogen and oxygen atoms in total. The van der Waals surface area contributed by atoms with Crippen molar-refractivity contribution in [3.8, 4) is 0 Å². The van der Waals surface area contributed by atoms with Crippen LogP contribution in [0.15, 0.2) is 18.2 Å². The Balaban J connectivity index is 2.24. The fourth-order valence-corrected chi connectivity index (χ4v) is 4.31. The fraction of sp³-hybridized carbons (Fsp3) is 0.769. The van der Waals surface area contributed by atoms with E-state index in [1.807, 2.05) is 12.1 Å². The highest BCUT2D eigenvalue weighted by atomic mass is 19.4. The van der Waals surface area contributed by atoms with E-state index in [1.54, 1.807) is 0 Å². The highest BCUT2D eigenvalue weighted by Gasteiger charge is 2.26. The fourth-order valence-electron chi connectivity index (χ4n) is 4.31. The van der Waals surface area contributed by atoms with Gasteiger partial charge < -0.3 is 10.0 Å². The lowest BCUT2D eigenvalue weighted by atomic mass is 9.78. The highest BCUT2D eigenvalue weighted by Crippen LogP contribution is 2.24. The Bertz CT molecular complexity index is 627. The topological polar surface area (TPSA) is 40.5 Å². The average Bonchev–Trinajstić information content (AvgIpc) is 2.75. The zero-order chi connectivity index (χ0) is 26.2. The third-order valence-electron chi connectivity index (χ3n) is 6.22. The third-order valence-corrected chi connectivity index (χ3v) is 6.22. The maximum Gasteiger partial charge on any atom is 0.488 e. The Morgan fingerprint density at radius 2 is 0.800 bits per heavy atom. The molecule has 1 aromatic rings. The van der Waals surface area contributed by atoms with Gasteiger partial charge in [-0.1, -0.05) is 82.4 Å². The van der Waals surface area contributed by atoms with Gasteiger partial charge in [-0.25, -0.2) is 0 Å². The highest BCUT2D eigenvalue weighted by molar-refractivity contribution is 6.58. The van der Waals surface area contributed by atoms with Crippen LogP contribution >= 0.6 is 0 Å². The summed E-state index contributed by atoms with van der Waals surface area (Å²) in [6.07, 6.45) is 3.08. The van der Waals surface area contributed by atoms with Gasteiger partial charge in [0.2, 0.25) is 0 Å². The van der Waals surface area contributed by atoms with Crippen molar-refractivity contribution < 1.29 is 36.4 Å². The smallest absolute Gasteiger partial charge is 0.423 e. The van der Waals surface area contributed by atoms with E-state index in [0.29, 0.717) is 18.3 Å². The molecule has 2 N–H and O–H groups in total. The number of benzene rings is 1. The van der Waals surface area contributed by atoms with Crippen LogP contribution in [0.4, 0.5) is 26.3 Å². The number of aryl methyl sites for hydroxylation is 2. The van der Waals surface area contributed by atoms with E-state index in [4.69, 9.17) is 0 Å². The lowest BCUT2D eigenvalue weighted by molar-refractivity contribution is -0.136. The summed E-state index contributed by atoms with van der Waals surface area (Å²) in [6, 6.07) is 5.72. The maximum absolute atomic E-state index is 12.1. The monoisotopic (exact) mass is 510 g/mol. The first kappa shape index (κ1) is 31.8. The van der Waals surface area contributed by atoms with Crippen molar-refractivity contribution in [2.24, 2.45) is 0 Å². The van der Waals surface area contributed by atoms with Crippen LogP contribution < -0.4 is 5.46 Å². The van der Waals surface area contributed by atoms with Crippen LogP contribution in [0.2, 0.25) is 0 Å². The molecule has 0 aromatic heterocycles. The molecule has 0 radical (unpaired) electrons. The third kappa shape index (κ3) is 18.7. The largest absolute Gasteiger partial charge is 0.488 e. The number of hydrogen-bond acceptors (Lipinski definition) is 2. The molecule has 0 heterocycles. The predicted octanol–water partition coefficient (Wildman–Crippen LogP) is 7.82. The molecule has 0 atom stereocenters. The second-order valence-corrected chi connectivity index (χ2v) is 9.64. The van der Waals surface area contributed by atoms with Crippen molar-refractivity contribution in [1.82, 2.24) is 0 Å². The van der Waals surface area contributed by atoms with Crippen molar-refractivity contribution in [1.29, 1.82) is 0 Å². The van der Waals surface area contributed by atoms with Gasteiger partial charge >= 0.3 is 19.5 Å². The SMILES string of the molecule is OB(O)c1cc(CCCCCCCCCC(F)(F)F)cc(CCCCCCCCCC(F)(F)F)c1. The van der Waals surface area contributed by atoms with Gasteiger partial charge in [0.05, 0.1) is 0 Å². The number of unbranched alkanes of at least 4 members (excludes halogenated alkanes) is 12. The summed E-state index contributed by atoms with van der Waals surface area (Å²) in [5.74, 6) is 0. The van der Waals surface area contributed by atoms with Crippen molar-refractivity contribution in [3.05, 3.63) is 29.3 Å². The van der Waals surface area contributed by atoms with Crippen LogP contribution in [0.3, 0.4) is 0 Å². The summed E-state index contributed by atoms with van der Waals surface area (Å²) in [7, 11) is -1.53. The second kappa shape index (κ2) is 17.3. The molecule has 9 heteroatoms. The minimum absolute atomic E-state index is 0.199. The van der Waals surface area contributed by atoms with Crippen molar-refractivity contribution in [2.75, 3.05) is 0 Å². The van der Waals surface area contributed by atoms with E-state index in [9.17, 15) is 36.4 Å². The molecule has 1 aromatic carbocycles. The van der Waals surface area contributed by atoms with Crippen LogP contribution in [0.1, 0.15) is 114 Å². The molecule has 1 rings (SSSR count). The molecule has 0 saturated heterocycles. The van der Waals surface area contributed by atoms with Gasteiger partial charge in [-0.15, -0.1) is 0 Å². The summed E-state index contributed by atoms with van der Waals surface area (Å²) in [6.45, 7) is 0. The summed E-state index contributed by atoms with van der Waals surface area (Å²) < 4.78 is 72.7. The molecule has 0 saturated carbocycles. The molecule has 0 aliphatic rings. The average molecular weight is 510 g/mol. The first-order valence-electron chi connectivity index (χ1n) is 13.1. The normalized spacial score (nSPS) is 12.3. The first-order chi connectivity index (χ1) is 16.5. The van der Waals surface area contributed by atoms with Gasteiger partial charge in [-0.05, 0) is 55.1 Å². The molecule has 0 bridgehead atoms. The minimum atomic E-state index is -4.06. The van der Waals surface area contributed by atoms with Gasteiger partial charge in [0.25, 0.3) is 0 Å². The van der Waals surface area contributed by atoms with E-state index in [0.717, 1.165) is 88.2 Å². The second-order valence-electron chi connectivity index (χ2n) is 9.64. The Morgan fingerprint density at radius 1 is 0.486 bits per heavy atom. The standard InChI is InChI=1S/C26H41BF6O2/c28-25(29,30)17-13-9-5-1-3-7-11-15-22-19-23(21-24(20-22)27(34)35)16-12-8-4-2-6-10-14-18-26(31,32)33/h19-21,34-35H,1-18H2. The molecule has 0 spiro atoms. The first-order valence-corrected chi connectivity index (χ1v) is 13.1. The van der Waals surface area contributed by atoms with Crippen LogP contribution in [0, 0.1) is 0 Å². The number of rotatable bonds is 19. The lowest BCUT2D eigenvalue weighted by Crippen LogP contribution is -2.30. The molecule has 0 unspecified atom stereocenters. The van der Waals surface area contributed by atoms with E-state index in [-0.39, 0.29) is 12.8 Å². The van der Waals surface area contributed by atoms with E-state index in [1.165, 1.54) is 0 Å². The van der Waals surface area contributed by atoms with Crippen molar-refractivity contribution in [2.45, 2.75) is 128 Å². The van der Waals surface area contributed by atoms with Gasteiger partial charge in [-0.3, -0.25) is 0 Å². The Hall–Kier alpha value is -1.22. The number of alkyl halides is 6. The molecular weight excluding hydrogens is 469 g/mol. The van der Waals surface area contributed by atoms with Crippen LogP contribution in [-0.4, -0.2) is 29.5 Å². The molecule has 0 aliphatic heterocycles. The summed E-state index contributed by atoms with van der Waals surface area (Å²) in [5, 5.41) is 19.2. The van der Waals surface area contributed by atoms with Gasteiger partial charge in [0.15, 0.2) is 0 Å². The lowest BCUT2D eigenvalue weighted by Gasteiger charge is -2.10. The quantitative estimate of drug-likeness (QED) is 0.113. The van der Waals surface area contributed by atoms with Crippen LogP contribution in [0.5, 0.6) is 0 Å². The zero-order valence-corrected chi connectivity index (χ0v) is 20.7. The van der Waals surface area contributed by atoms with E-state index < -0.39 is 32.3 Å². The Labute approximate surface area is 206 Å². The molecule has 0 amide bonds. The van der Waals surface area contributed by atoms with Crippen LogP contribution in [-0.2, 0) is 12.8 Å². The number of halogens is 6. The predicted molar refractivity (Wildman–Crippen MR) is 130 cm³/mol.